The van der Waals surface area contributed by atoms with Crippen LogP contribution in [0.15, 0.2) is 72.8 Å². The minimum absolute atomic E-state index is 0.0596. The van der Waals surface area contributed by atoms with Gasteiger partial charge in [0.05, 0.1) is 16.7 Å². The first-order valence-corrected chi connectivity index (χ1v) is 16.2. The van der Waals surface area contributed by atoms with Crippen LogP contribution in [0.5, 0.6) is 0 Å². The van der Waals surface area contributed by atoms with Gasteiger partial charge in [0.25, 0.3) is 0 Å². The topological polar surface area (TPSA) is 4.93 Å². The molecule has 0 radical (unpaired) electrons. The minimum Gasteiger partial charge on any atom is -0.309 e. The van der Waals surface area contributed by atoms with E-state index in [1.165, 1.54) is 66.4 Å². The molecule has 0 aliphatic heterocycles. The molecule has 0 saturated heterocycles. The average molecular weight is 572 g/mol. The maximum Gasteiger partial charge on any atom is 0.0541 e. The van der Waals surface area contributed by atoms with Crippen LogP contribution in [0.3, 0.4) is 0 Å². The minimum atomic E-state index is -0.0802. The van der Waals surface area contributed by atoms with Crippen molar-refractivity contribution in [3.63, 3.8) is 0 Å². The van der Waals surface area contributed by atoms with Gasteiger partial charge in [0.15, 0.2) is 0 Å². The van der Waals surface area contributed by atoms with Gasteiger partial charge in [0, 0.05) is 10.8 Å². The smallest absolute Gasteiger partial charge is 0.0541 e. The fourth-order valence-corrected chi connectivity index (χ4v) is 6.42. The Labute approximate surface area is 261 Å². The number of fused-ring (bicyclic) bond motifs is 3. The molecular formula is C42H53N. The lowest BCUT2D eigenvalue weighted by Crippen LogP contribution is -2.19. The first-order chi connectivity index (χ1) is 19.8. The van der Waals surface area contributed by atoms with E-state index < -0.39 is 0 Å². The summed E-state index contributed by atoms with van der Waals surface area (Å²) in [7, 11) is 0. The normalized spacial score (nSPS) is 13.3. The molecule has 0 bridgehead atoms. The molecule has 0 fully saturated rings. The molecule has 5 aromatic rings. The molecule has 4 aromatic carbocycles. The van der Waals surface area contributed by atoms with E-state index in [1.54, 1.807) is 0 Å². The Balaban J connectivity index is 1.91. The van der Waals surface area contributed by atoms with E-state index in [9.17, 15) is 0 Å². The number of nitrogens with zero attached hydrogens (tertiary/aromatic N) is 1. The molecule has 0 aliphatic carbocycles. The van der Waals surface area contributed by atoms with Crippen LogP contribution in [0.25, 0.3) is 38.6 Å². The van der Waals surface area contributed by atoms with Crippen LogP contribution in [0.1, 0.15) is 118 Å². The largest absolute Gasteiger partial charge is 0.309 e. The van der Waals surface area contributed by atoms with Crippen molar-refractivity contribution in [1.82, 2.24) is 4.57 Å². The second-order valence-corrected chi connectivity index (χ2v) is 16.8. The highest BCUT2D eigenvalue weighted by atomic mass is 15.0. The van der Waals surface area contributed by atoms with Crippen LogP contribution in [0.4, 0.5) is 0 Å². The Hall–Kier alpha value is -3.32. The van der Waals surface area contributed by atoms with Crippen molar-refractivity contribution in [3.05, 3.63) is 101 Å². The molecule has 5 rings (SSSR count). The van der Waals surface area contributed by atoms with E-state index in [-0.39, 0.29) is 21.7 Å². The van der Waals surface area contributed by atoms with Gasteiger partial charge in [-0.2, -0.15) is 0 Å². The number of rotatable bonds is 3. The Morgan fingerprint density at radius 2 is 1.05 bits per heavy atom. The van der Waals surface area contributed by atoms with Gasteiger partial charge in [-0.3, -0.25) is 0 Å². The van der Waals surface area contributed by atoms with Crippen molar-refractivity contribution in [2.75, 3.05) is 0 Å². The van der Waals surface area contributed by atoms with Crippen molar-refractivity contribution >= 4 is 21.8 Å². The van der Waals surface area contributed by atoms with Crippen molar-refractivity contribution in [3.8, 4) is 16.8 Å². The average Bonchev–Trinajstić information content (AvgIpc) is 3.23. The van der Waals surface area contributed by atoms with Crippen LogP contribution in [0.2, 0.25) is 0 Å². The highest BCUT2D eigenvalue weighted by Gasteiger charge is 2.28. The number of aryl methyl sites for hydroxylation is 1. The summed E-state index contributed by atoms with van der Waals surface area (Å²) in [5, 5.41) is 2.68. The molecule has 1 heterocycles. The molecule has 0 saturated carbocycles. The van der Waals surface area contributed by atoms with Crippen molar-refractivity contribution in [2.24, 2.45) is 0 Å². The Morgan fingerprint density at radius 3 is 1.56 bits per heavy atom. The fourth-order valence-electron chi connectivity index (χ4n) is 6.42. The third kappa shape index (κ3) is 5.81. The highest BCUT2D eigenvalue weighted by molar-refractivity contribution is 6.10. The molecule has 226 valence electrons. The summed E-state index contributed by atoms with van der Waals surface area (Å²) >= 11 is 0. The molecule has 0 N–H and O–H groups in total. The molecule has 1 aromatic heterocycles. The van der Waals surface area contributed by atoms with E-state index >= 15 is 0 Å². The van der Waals surface area contributed by atoms with E-state index in [0.29, 0.717) is 0 Å². The first kappa shape index (κ1) is 31.1. The number of aromatic nitrogens is 1. The fraction of sp³-hybridized carbons (Fsp3) is 0.429. The molecule has 0 amide bonds. The van der Waals surface area contributed by atoms with Crippen LogP contribution < -0.4 is 0 Å². The van der Waals surface area contributed by atoms with Gasteiger partial charge in [-0.15, -0.1) is 0 Å². The number of benzene rings is 4. The molecule has 0 aliphatic rings. The lowest BCUT2D eigenvalue weighted by molar-refractivity contribution is 0.568. The van der Waals surface area contributed by atoms with Crippen molar-refractivity contribution in [2.45, 2.75) is 118 Å². The molecule has 1 nitrogen and oxygen atoms in total. The molecule has 43 heavy (non-hydrogen) atoms. The lowest BCUT2D eigenvalue weighted by Gasteiger charge is -2.30. The summed E-state index contributed by atoms with van der Waals surface area (Å²) in [5.74, 6) is 0. The maximum atomic E-state index is 2.54. The summed E-state index contributed by atoms with van der Waals surface area (Å²) in [6.07, 6.45) is 1.03. The van der Waals surface area contributed by atoms with Crippen molar-refractivity contribution in [1.29, 1.82) is 0 Å². The molecule has 0 unspecified atom stereocenters. The summed E-state index contributed by atoms with van der Waals surface area (Å²) < 4.78 is 2.54. The zero-order chi connectivity index (χ0) is 31.7. The quantitative estimate of drug-likeness (QED) is 0.203. The molecule has 0 spiro atoms. The van der Waals surface area contributed by atoms with E-state index in [0.717, 1.165) is 6.42 Å². The van der Waals surface area contributed by atoms with E-state index in [1.807, 2.05) is 0 Å². The van der Waals surface area contributed by atoms with Gasteiger partial charge in [-0.1, -0.05) is 132 Å². The third-order valence-electron chi connectivity index (χ3n) is 9.11. The Kier molecular flexibility index (Phi) is 7.52. The first-order valence-electron chi connectivity index (χ1n) is 16.2. The van der Waals surface area contributed by atoms with Gasteiger partial charge in [0.1, 0.15) is 0 Å². The van der Waals surface area contributed by atoms with Gasteiger partial charge in [0.2, 0.25) is 0 Å². The zero-order valence-electron chi connectivity index (χ0n) is 29.1. The zero-order valence-corrected chi connectivity index (χ0v) is 29.1. The monoisotopic (exact) mass is 571 g/mol. The van der Waals surface area contributed by atoms with E-state index in [2.05, 4.69) is 167 Å². The van der Waals surface area contributed by atoms with Gasteiger partial charge in [-0.25, -0.2) is 0 Å². The van der Waals surface area contributed by atoms with Gasteiger partial charge in [-0.05, 0) is 97.4 Å². The van der Waals surface area contributed by atoms with Crippen molar-refractivity contribution < 1.29 is 0 Å². The van der Waals surface area contributed by atoms with Crippen LogP contribution in [0, 0.1) is 0 Å². The summed E-state index contributed by atoms with van der Waals surface area (Å²) in [4.78, 5) is 0. The Morgan fingerprint density at radius 1 is 0.512 bits per heavy atom. The molecule has 0 atom stereocenters. The SMILES string of the molecule is CCc1ccc2c(c1)c1cc(C(C)(C)C)ccc1n2-c1cccc(-c2cc(C(C)(C)C)cc(C(C)(C)C)c2)c1C(C)(C)C. The summed E-state index contributed by atoms with van der Waals surface area (Å²) in [6.45, 7) is 30.3. The number of hydrogen-bond donors (Lipinski definition) is 0. The van der Waals surface area contributed by atoms with E-state index in [4.69, 9.17) is 0 Å². The van der Waals surface area contributed by atoms with Crippen LogP contribution in [-0.2, 0) is 28.1 Å². The molecule has 1 heteroatoms. The second-order valence-electron chi connectivity index (χ2n) is 16.8. The summed E-state index contributed by atoms with van der Waals surface area (Å²) in [6, 6.07) is 28.5. The number of hydrogen-bond acceptors (Lipinski definition) is 0. The predicted molar refractivity (Wildman–Crippen MR) is 190 cm³/mol. The molecular weight excluding hydrogens is 518 g/mol. The highest BCUT2D eigenvalue weighted by Crippen LogP contribution is 2.43. The summed E-state index contributed by atoms with van der Waals surface area (Å²) in [5.41, 5.74) is 13.5. The van der Waals surface area contributed by atoms with Crippen LogP contribution >= 0.6 is 0 Å². The maximum absolute atomic E-state index is 2.54. The third-order valence-corrected chi connectivity index (χ3v) is 9.11. The lowest BCUT2D eigenvalue weighted by atomic mass is 9.76. The van der Waals surface area contributed by atoms with Gasteiger partial charge < -0.3 is 4.57 Å². The van der Waals surface area contributed by atoms with Gasteiger partial charge >= 0.3 is 0 Å². The van der Waals surface area contributed by atoms with Crippen LogP contribution in [-0.4, -0.2) is 4.57 Å². The second kappa shape index (κ2) is 10.4. The standard InChI is InChI=1S/C42H53N/c1-14-27-18-20-35-33(22-27)34-26-29(39(2,3)4)19-21-36(34)43(35)37-17-15-16-32(38(37)42(11,12)13)28-23-30(40(5,6)7)25-31(24-28)41(8,9)10/h15-26H,14H2,1-13H3. The predicted octanol–water partition coefficient (Wildman–Crippen LogP) is 12.2. The Bertz CT molecular complexity index is 1780.